The lowest BCUT2D eigenvalue weighted by Crippen LogP contribution is -2.50. The van der Waals surface area contributed by atoms with E-state index < -0.39 is 10.0 Å². The zero-order chi connectivity index (χ0) is 19.8. The molecule has 2 aromatic rings. The summed E-state index contributed by atoms with van der Waals surface area (Å²) in [5.74, 6) is -0.581. The molecule has 3 rings (SSSR count). The normalized spacial score (nSPS) is 15.7. The first-order chi connectivity index (χ1) is 12.7. The maximum Gasteiger partial charge on any atom is 0.255 e. The highest BCUT2D eigenvalue weighted by atomic mass is 35.5. The lowest BCUT2D eigenvalue weighted by atomic mass is 10.2. The Bertz CT molecular complexity index is 987. The lowest BCUT2D eigenvalue weighted by molar-refractivity contribution is 0.0698. The molecule has 1 amide bonds. The average Bonchev–Trinajstić information content (AvgIpc) is 2.65. The second kappa shape index (κ2) is 7.67. The van der Waals surface area contributed by atoms with E-state index in [1.54, 1.807) is 30.0 Å². The van der Waals surface area contributed by atoms with Gasteiger partial charge in [0.15, 0.2) is 0 Å². The molecule has 0 bridgehead atoms. The Labute approximate surface area is 168 Å². The number of phenols is 1. The quantitative estimate of drug-likeness (QED) is 0.813. The Morgan fingerprint density at radius 1 is 1.04 bits per heavy atom. The fourth-order valence-electron chi connectivity index (χ4n) is 2.93. The van der Waals surface area contributed by atoms with E-state index in [1.807, 2.05) is 0 Å². The molecule has 27 heavy (non-hydrogen) atoms. The number of piperazine rings is 1. The molecule has 1 N–H and O–H groups in total. The second-order valence-electron chi connectivity index (χ2n) is 6.29. The van der Waals surface area contributed by atoms with Crippen molar-refractivity contribution in [1.29, 1.82) is 0 Å². The average molecular weight is 429 g/mol. The van der Waals surface area contributed by atoms with Crippen molar-refractivity contribution >= 4 is 39.1 Å². The van der Waals surface area contributed by atoms with Crippen LogP contribution in [0.2, 0.25) is 10.0 Å². The predicted octanol–water partition coefficient (Wildman–Crippen LogP) is 3.15. The highest BCUT2D eigenvalue weighted by Gasteiger charge is 2.32. The first-order valence-electron chi connectivity index (χ1n) is 8.24. The summed E-state index contributed by atoms with van der Waals surface area (Å²) in [4.78, 5) is 14.1. The van der Waals surface area contributed by atoms with Crippen molar-refractivity contribution in [1.82, 2.24) is 9.21 Å². The molecular weight excluding hydrogens is 411 g/mol. The Hall–Kier alpha value is -1.80. The molecule has 1 aliphatic heterocycles. The van der Waals surface area contributed by atoms with Gasteiger partial charge >= 0.3 is 0 Å². The minimum atomic E-state index is -3.85. The number of rotatable bonds is 3. The summed E-state index contributed by atoms with van der Waals surface area (Å²) in [5, 5.41) is 10.6. The Morgan fingerprint density at radius 2 is 1.70 bits per heavy atom. The monoisotopic (exact) mass is 428 g/mol. The van der Waals surface area contributed by atoms with Crippen molar-refractivity contribution in [2.75, 3.05) is 26.2 Å². The predicted molar refractivity (Wildman–Crippen MR) is 104 cm³/mol. The minimum absolute atomic E-state index is 0.125. The van der Waals surface area contributed by atoms with Gasteiger partial charge in [0.1, 0.15) is 10.6 Å². The van der Waals surface area contributed by atoms with Gasteiger partial charge in [-0.15, -0.1) is 0 Å². The molecule has 0 unspecified atom stereocenters. The van der Waals surface area contributed by atoms with Crippen molar-refractivity contribution in [2.24, 2.45) is 0 Å². The number of amides is 1. The highest BCUT2D eigenvalue weighted by Crippen LogP contribution is 2.28. The van der Waals surface area contributed by atoms with E-state index in [2.05, 4.69) is 0 Å². The van der Waals surface area contributed by atoms with Crippen LogP contribution in [0.1, 0.15) is 15.9 Å². The summed E-state index contributed by atoms with van der Waals surface area (Å²) in [7, 11) is -3.85. The molecule has 6 nitrogen and oxygen atoms in total. The molecule has 9 heteroatoms. The molecule has 0 radical (unpaired) electrons. The van der Waals surface area contributed by atoms with Crippen LogP contribution < -0.4 is 0 Å². The van der Waals surface area contributed by atoms with Gasteiger partial charge in [0.05, 0.1) is 10.6 Å². The van der Waals surface area contributed by atoms with Crippen molar-refractivity contribution in [3.63, 3.8) is 0 Å². The summed E-state index contributed by atoms with van der Waals surface area (Å²) in [6, 6.07) is 9.09. The minimum Gasteiger partial charge on any atom is -0.507 e. The van der Waals surface area contributed by atoms with Crippen LogP contribution in [0.4, 0.5) is 0 Å². The maximum absolute atomic E-state index is 12.8. The number of carbonyl (C=O) groups is 1. The van der Waals surface area contributed by atoms with Crippen LogP contribution in [0.25, 0.3) is 0 Å². The first kappa shape index (κ1) is 19.9. The van der Waals surface area contributed by atoms with Crippen LogP contribution in [0.5, 0.6) is 5.75 Å². The number of aromatic hydroxyl groups is 1. The molecule has 0 saturated carbocycles. The van der Waals surface area contributed by atoms with Crippen molar-refractivity contribution < 1.29 is 18.3 Å². The fourth-order valence-corrected chi connectivity index (χ4v) is 4.89. The summed E-state index contributed by atoms with van der Waals surface area (Å²) in [6.07, 6.45) is 0. The summed E-state index contributed by atoms with van der Waals surface area (Å²) in [6.45, 7) is 2.43. The molecule has 0 atom stereocenters. The fraction of sp³-hybridized carbons (Fsp3) is 0.278. The summed E-state index contributed by atoms with van der Waals surface area (Å²) in [5.41, 5.74) is 1.02. The van der Waals surface area contributed by atoms with Crippen LogP contribution in [0.15, 0.2) is 41.3 Å². The number of benzene rings is 2. The Balaban J connectivity index is 1.76. The summed E-state index contributed by atoms with van der Waals surface area (Å²) >= 11 is 12.0. The molecule has 0 aliphatic carbocycles. The third-order valence-corrected chi connectivity index (χ3v) is 6.91. The number of carbonyl (C=O) groups excluding carboxylic acids is 1. The summed E-state index contributed by atoms with van der Waals surface area (Å²) < 4.78 is 26.9. The van der Waals surface area contributed by atoms with Gasteiger partial charge in [0.25, 0.3) is 5.91 Å². The van der Waals surface area contributed by atoms with Gasteiger partial charge in [-0.05, 0) is 42.8 Å². The molecule has 1 heterocycles. The van der Waals surface area contributed by atoms with E-state index in [4.69, 9.17) is 23.2 Å². The van der Waals surface area contributed by atoms with Gasteiger partial charge in [-0.3, -0.25) is 4.79 Å². The van der Waals surface area contributed by atoms with E-state index in [1.165, 1.54) is 22.5 Å². The molecule has 2 aromatic carbocycles. The number of hydrogen-bond acceptors (Lipinski definition) is 4. The molecule has 144 valence electrons. The first-order valence-corrected chi connectivity index (χ1v) is 10.4. The largest absolute Gasteiger partial charge is 0.507 e. The molecule has 1 aliphatic rings. The topological polar surface area (TPSA) is 77.9 Å². The number of hydrogen-bond donors (Lipinski definition) is 1. The molecule has 1 fully saturated rings. The van der Waals surface area contributed by atoms with Gasteiger partial charge in [-0.2, -0.15) is 4.31 Å². The molecular formula is C18H18Cl2N2O4S. The van der Waals surface area contributed by atoms with Gasteiger partial charge < -0.3 is 10.0 Å². The molecule has 0 spiro atoms. The number of halogens is 2. The third kappa shape index (κ3) is 4.06. The van der Waals surface area contributed by atoms with Crippen molar-refractivity contribution in [2.45, 2.75) is 11.8 Å². The van der Waals surface area contributed by atoms with Gasteiger partial charge in [0.2, 0.25) is 10.0 Å². The van der Waals surface area contributed by atoms with Crippen molar-refractivity contribution in [3.05, 3.63) is 57.6 Å². The smallest absolute Gasteiger partial charge is 0.255 e. The number of aryl methyl sites for hydroxylation is 1. The third-order valence-electron chi connectivity index (χ3n) is 4.42. The van der Waals surface area contributed by atoms with Gasteiger partial charge in [-0.25, -0.2) is 8.42 Å². The standard InChI is InChI=1S/C18H18Cl2N2O4S/c1-12-2-5-16(23)17(10-12)27(25,26)22-8-6-21(7-9-22)18(24)14-11-13(19)3-4-15(14)20/h2-5,10-11,23H,6-9H2,1H3. The van der Waals surface area contributed by atoms with Crippen LogP contribution in [0, 0.1) is 6.92 Å². The van der Waals surface area contributed by atoms with Crippen LogP contribution >= 0.6 is 23.2 Å². The number of sulfonamides is 1. The highest BCUT2D eigenvalue weighted by molar-refractivity contribution is 7.89. The van der Waals surface area contributed by atoms with Gasteiger partial charge in [-0.1, -0.05) is 29.3 Å². The Morgan fingerprint density at radius 3 is 2.37 bits per heavy atom. The van der Waals surface area contributed by atoms with Crippen LogP contribution in [-0.2, 0) is 10.0 Å². The Kier molecular flexibility index (Phi) is 5.67. The van der Waals surface area contributed by atoms with E-state index >= 15 is 0 Å². The van der Waals surface area contributed by atoms with E-state index in [0.29, 0.717) is 10.0 Å². The van der Waals surface area contributed by atoms with E-state index in [-0.39, 0.29) is 48.3 Å². The van der Waals surface area contributed by atoms with Crippen LogP contribution in [0.3, 0.4) is 0 Å². The second-order valence-corrected chi connectivity index (χ2v) is 9.04. The van der Waals surface area contributed by atoms with E-state index in [0.717, 1.165) is 5.56 Å². The van der Waals surface area contributed by atoms with Crippen molar-refractivity contribution in [3.8, 4) is 5.75 Å². The van der Waals surface area contributed by atoms with Crippen LogP contribution in [-0.4, -0.2) is 54.8 Å². The SMILES string of the molecule is Cc1ccc(O)c(S(=O)(=O)N2CCN(C(=O)c3cc(Cl)ccc3Cl)CC2)c1. The molecule has 1 saturated heterocycles. The molecule has 0 aromatic heterocycles. The maximum atomic E-state index is 12.8. The zero-order valence-electron chi connectivity index (χ0n) is 14.5. The number of phenolic OH excluding ortho intramolecular Hbond substituents is 1. The lowest BCUT2D eigenvalue weighted by Gasteiger charge is -2.34. The number of nitrogens with zero attached hydrogens (tertiary/aromatic N) is 2. The zero-order valence-corrected chi connectivity index (χ0v) is 16.9. The van der Waals surface area contributed by atoms with Gasteiger partial charge in [0, 0.05) is 31.2 Å². The van der Waals surface area contributed by atoms with E-state index in [9.17, 15) is 18.3 Å².